The number of hydrogen-bond donors (Lipinski definition) is 1. The molecular weight excluding hydrogens is 250 g/mol. The van der Waals surface area contributed by atoms with Crippen LogP contribution >= 0.6 is 11.6 Å². The number of rotatable bonds is 5. The van der Waals surface area contributed by atoms with Gasteiger partial charge in [0.15, 0.2) is 0 Å². The van der Waals surface area contributed by atoms with Crippen molar-refractivity contribution in [2.24, 2.45) is 0 Å². The normalized spacial score (nSPS) is 12.6. The monoisotopic (exact) mass is 269 g/mol. The number of carbonyl (C=O) groups is 1. The molecule has 0 spiro atoms. The van der Waals surface area contributed by atoms with Gasteiger partial charge in [-0.3, -0.25) is 4.79 Å². The Labute approximate surface area is 113 Å². The van der Waals surface area contributed by atoms with Crippen molar-refractivity contribution in [1.82, 2.24) is 15.2 Å². The Morgan fingerprint density at radius 2 is 2.17 bits per heavy atom. The molecule has 1 atom stereocenters. The van der Waals surface area contributed by atoms with Crippen LogP contribution in [0, 0.1) is 0 Å². The Balaban J connectivity index is 2.74. The fourth-order valence-electron chi connectivity index (χ4n) is 1.76. The lowest BCUT2D eigenvalue weighted by Crippen LogP contribution is -2.39. The lowest BCUT2D eigenvalue weighted by Gasteiger charge is -2.18. The number of nitrogens with zero attached hydrogens (tertiary/aromatic N) is 2. The first-order valence-corrected chi connectivity index (χ1v) is 6.42. The van der Waals surface area contributed by atoms with Crippen LogP contribution in [0.25, 0.3) is 0 Å². The molecule has 1 unspecified atom stereocenters. The van der Waals surface area contributed by atoms with E-state index in [1.54, 1.807) is 12.1 Å². The summed E-state index contributed by atoms with van der Waals surface area (Å²) in [4.78, 5) is 18.2. The van der Waals surface area contributed by atoms with Crippen LogP contribution in [0.1, 0.15) is 29.9 Å². The molecule has 100 valence electrons. The lowest BCUT2D eigenvalue weighted by molar-refractivity contribution is 0.0934. The standard InChI is InChI=1S/C13H20ClN3O/c1-5-11-6-10(7-12(14)16-11)13(18)15-9(2)8-17(3)4/h6-7,9H,5,8H2,1-4H3,(H,15,18). The van der Waals surface area contributed by atoms with Gasteiger partial charge >= 0.3 is 0 Å². The summed E-state index contributed by atoms with van der Waals surface area (Å²) in [5.41, 5.74) is 1.39. The first-order chi connectivity index (χ1) is 8.42. The highest BCUT2D eigenvalue weighted by atomic mass is 35.5. The summed E-state index contributed by atoms with van der Waals surface area (Å²) in [5, 5.41) is 3.30. The maximum atomic E-state index is 12.0. The van der Waals surface area contributed by atoms with Gasteiger partial charge in [0.2, 0.25) is 0 Å². The first-order valence-electron chi connectivity index (χ1n) is 6.04. The molecular formula is C13H20ClN3O. The van der Waals surface area contributed by atoms with Crippen molar-refractivity contribution in [2.75, 3.05) is 20.6 Å². The predicted molar refractivity (Wildman–Crippen MR) is 74.1 cm³/mol. The second kappa shape index (κ2) is 6.71. The smallest absolute Gasteiger partial charge is 0.251 e. The van der Waals surface area contributed by atoms with E-state index in [9.17, 15) is 4.79 Å². The molecule has 1 aromatic heterocycles. The third-order valence-corrected chi connectivity index (χ3v) is 2.68. The number of aromatic nitrogens is 1. The summed E-state index contributed by atoms with van der Waals surface area (Å²) in [6.07, 6.45) is 0.758. The molecule has 1 rings (SSSR count). The Bertz CT molecular complexity index is 421. The second-order valence-electron chi connectivity index (χ2n) is 4.66. The maximum absolute atomic E-state index is 12.0. The van der Waals surface area contributed by atoms with Crippen LogP contribution in [0.4, 0.5) is 0 Å². The Morgan fingerprint density at radius 1 is 1.50 bits per heavy atom. The van der Waals surface area contributed by atoms with Crippen LogP contribution in [-0.4, -0.2) is 42.5 Å². The minimum atomic E-state index is -0.108. The molecule has 4 nitrogen and oxygen atoms in total. The van der Waals surface area contributed by atoms with Crippen LogP contribution in [0.15, 0.2) is 12.1 Å². The highest BCUT2D eigenvalue weighted by Crippen LogP contribution is 2.11. The van der Waals surface area contributed by atoms with Gasteiger partial charge in [-0.05, 0) is 39.6 Å². The van der Waals surface area contributed by atoms with Gasteiger partial charge in [-0.2, -0.15) is 0 Å². The van der Waals surface area contributed by atoms with Crippen molar-refractivity contribution in [3.05, 3.63) is 28.5 Å². The quantitative estimate of drug-likeness (QED) is 0.832. The predicted octanol–water partition coefficient (Wildman–Crippen LogP) is 1.98. The van der Waals surface area contributed by atoms with E-state index < -0.39 is 0 Å². The van der Waals surface area contributed by atoms with E-state index in [2.05, 4.69) is 10.3 Å². The summed E-state index contributed by atoms with van der Waals surface area (Å²) >= 11 is 5.89. The van der Waals surface area contributed by atoms with Gasteiger partial charge < -0.3 is 10.2 Å². The third-order valence-electron chi connectivity index (χ3n) is 2.49. The molecule has 0 aliphatic rings. The molecule has 0 fully saturated rings. The number of likely N-dealkylation sites (N-methyl/N-ethyl adjacent to an activating group) is 1. The molecule has 0 aliphatic heterocycles. The van der Waals surface area contributed by atoms with Crippen molar-refractivity contribution < 1.29 is 4.79 Å². The van der Waals surface area contributed by atoms with Crippen LogP contribution in [0.3, 0.4) is 0 Å². The summed E-state index contributed by atoms with van der Waals surface area (Å²) in [5.74, 6) is -0.108. The van der Waals surface area contributed by atoms with Gasteiger partial charge in [-0.25, -0.2) is 4.98 Å². The topological polar surface area (TPSA) is 45.2 Å². The second-order valence-corrected chi connectivity index (χ2v) is 5.05. The van der Waals surface area contributed by atoms with Crippen molar-refractivity contribution in [1.29, 1.82) is 0 Å². The van der Waals surface area contributed by atoms with Crippen molar-refractivity contribution in [3.8, 4) is 0 Å². The number of carbonyl (C=O) groups excluding carboxylic acids is 1. The fourth-order valence-corrected chi connectivity index (χ4v) is 1.99. The Hall–Kier alpha value is -1.13. The maximum Gasteiger partial charge on any atom is 0.251 e. The van der Waals surface area contributed by atoms with Gasteiger partial charge in [0.25, 0.3) is 5.91 Å². The number of nitrogens with one attached hydrogen (secondary N) is 1. The molecule has 1 aromatic rings. The molecule has 5 heteroatoms. The van der Waals surface area contributed by atoms with E-state index in [-0.39, 0.29) is 11.9 Å². The highest BCUT2D eigenvalue weighted by molar-refractivity contribution is 6.29. The van der Waals surface area contributed by atoms with Gasteiger partial charge in [0.05, 0.1) is 0 Å². The van der Waals surface area contributed by atoms with Crippen LogP contribution in [-0.2, 0) is 6.42 Å². The van der Waals surface area contributed by atoms with E-state index >= 15 is 0 Å². The zero-order valence-corrected chi connectivity index (χ0v) is 12.1. The molecule has 0 radical (unpaired) electrons. The van der Waals surface area contributed by atoms with E-state index in [1.165, 1.54) is 0 Å². The molecule has 1 amide bonds. The Kier molecular flexibility index (Phi) is 5.56. The van der Waals surface area contributed by atoms with E-state index in [0.717, 1.165) is 18.7 Å². The summed E-state index contributed by atoms with van der Waals surface area (Å²) in [6.45, 7) is 4.75. The largest absolute Gasteiger partial charge is 0.348 e. The SMILES string of the molecule is CCc1cc(C(=O)NC(C)CN(C)C)cc(Cl)n1. The fraction of sp³-hybridized carbons (Fsp3) is 0.538. The number of amides is 1. The van der Waals surface area contributed by atoms with E-state index in [0.29, 0.717) is 10.7 Å². The number of pyridine rings is 1. The van der Waals surface area contributed by atoms with E-state index in [1.807, 2.05) is 32.8 Å². The van der Waals surface area contributed by atoms with Crippen LogP contribution < -0.4 is 5.32 Å². The first kappa shape index (κ1) is 14.9. The molecule has 18 heavy (non-hydrogen) atoms. The minimum absolute atomic E-state index is 0.0875. The van der Waals surface area contributed by atoms with Crippen LogP contribution in [0.5, 0.6) is 0 Å². The summed E-state index contributed by atoms with van der Waals surface area (Å²) in [6, 6.07) is 3.46. The minimum Gasteiger partial charge on any atom is -0.348 e. The summed E-state index contributed by atoms with van der Waals surface area (Å²) < 4.78 is 0. The number of hydrogen-bond acceptors (Lipinski definition) is 3. The average Bonchev–Trinajstić information content (AvgIpc) is 2.26. The van der Waals surface area contributed by atoms with Gasteiger partial charge in [0.1, 0.15) is 5.15 Å². The molecule has 0 saturated heterocycles. The van der Waals surface area contributed by atoms with Gasteiger partial charge in [-0.1, -0.05) is 18.5 Å². The van der Waals surface area contributed by atoms with Crippen molar-refractivity contribution >= 4 is 17.5 Å². The molecule has 0 saturated carbocycles. The Morgan fingerprint density at radius 3 is 2.72 bits per heavy atom. The van der Waals surface area contributed by atoms with Gasteiger partial charge in [-0.15, -0.1) is 0 Å². The molecule has 1 N–H and O–H groups in total. The van der Waals surface area contributed by atoms with Gasteiger partial charge in [0, 0.05) is 23.8 Å². The number of aryl methyl sites for hydroxylation is 1. The van der Waals surface area contributed by atoms with Crippen molar-refractivity contribution in [3.63, 3.8) is 0 Å². The molecule has 0 aromatic carbocycles. The molecule has 0 bridgehead atoms. The molecule has 1 heterocycles. The zero-order chi connectivity index (χ0) is 13.7. The van der Waals surface area contributed by atoms with E-state index in [4.69, 9.17) is 11.6 Å². The molecule has 0 aliphatic carbocycles. The average molecular weight is 270 g/mol. The third kappa shape index (κ3) is 4.63. The number of halogens is 1. The zero-order valence-electron chi connectivity index (χ0n) is 11.3. The summed E-state index contributed by atoms with van der Waals surface area (Å²) in [7, 11) is 3.95. The van der Waals surface area contributed by atoms with Crippen LogP contribution in [0.2, 0.25) is 5.15 Å². The van der Waals surface area contributed by atoms with Crippen molar-refractivity contribution in [2.45, 2.75) is 26.3 Å². The highest BCUT2D eigenvalue weighted by Gasteiger charge is 2.12. The lowest BCUT2D eigenvalue weighted by atomic mass is 10.2.